The molecule has 0 saturated carbocycles. The van der Waals surface area contributed by atoms with E-state index in [0.29, 0.717) is 27.3 Å². The average Bonchev–Trinajstić information content (AvgIpc) is 2.48. The molecule has 2 aromatic rings. The third kappa shape index (κ3) is 3.14. The largest absolute Gasteiger partial charge is 0.361 e. The van der Waals surface area contributed by atoms with Crippen molar-refractivity contribution >= 4 is 29.4 Å². The summed E-state index contributed by atoms with van der Waals surface area (Å²) >= 11 is 5.80. The molecule has 2 aromatic carbocycles. The van der Waals surface area contributed by atoms with E-state index in [1.807, 2.05) is 0 Å². The van der Waals surface area contributed by atoms with Crippen molar-refractivity contribution in [3.63, 3.8) is 0 Å². The zero-order valence-electron chi connectivity index (χ0n) is 11.2. The first-order valence-corrected chi connectivity index (χ1v) is 6.54. The number of hydrogen-bond donors (Lipinski definition) is 0. The van der Waals surface area contributed by atoms with Gasteiger partial charge in [0.1, 0.15) is 0 Å². The van der Waals surface area contributed by atoms with Gasteiger partial charge in [-0.05, 0) is 36.8 Å². The average molecular weight is 299 g/mol. The summed E-state index contributed by atoms with van der Waals surface area (Å²) in [4.78, 5) is 27.0. The van der Waals surface area contributed by atoms with Crippen LogP contribution in [0.2, 0.25) is 5.02 Å². The maximum Gasteiger partial charge on any atom is 0.328 e. The molecule has 0 aliphatic carbocycles. The number of nitrogens with zero attached hydrogens (tertiary/aromatic N) is 2. The summed E-state index contributed by atoms with van der Waals surface area (Å²) in [6.45, 7) is 1.68. The zero-order chi connectivity index (χ0) is 15.4. The Morgan fingerprint density at radius 3 is 2.33 bits per heavy atom. The standard InChI is InChI=1S/C16H11ClN2O2/c1-10-13(15(20)9-19-18)3-2-4-14(10)16(21)11-5-7-12(17)8-6-11/h2-9H,1H3. The molecule has 2 rings (SSSR count). The highest BCUT2D eigenvalue weighted by Gasteiger charge is 2.17. The van der Waals surface area contributed by atoms with Gasteiger partial charge < -0.3 is 5.53 Å². The van der Waals surface area contributed by atoms with E-state index in [9.17, 15) is 9.59 Å². The van der Waals surface area contributed by atoms with Crippen LogP contribution in [0, 0.1) is 6.92 Å². The van der Waals surface area contributed by atoms with Crippen LogP contribution in [-0.4, -0.2) is 22.6 Å². The third-order valence-corrected chi connectivity index (χ3v) is 3.38. The number of carbonyl (C=O) groups is 2. The van der Waals surface area contributed by atoms with E-state index in [0.717, 1.165) is 6.21 Å². The fraction of sp³-hybridized carbons (Fsp3) is 0.0625. The molecule has 0 saturated heterocycles. The lowest BCUT2D eigenvalue weighted by Gasteiger charge is -2.08. The highest BCUT2D eigenvalue weighted by atomic mass is 35.5. The Hall–Kier alpha value is -2.55. The number of Topliss-reactive ketones (excluding diaryl/α,β-unsaturated/α-hetero) is 1. The van der Waals surface area contributed by atoms with Crippen molar-refractivity contribution < 1.29 is 14.4 Å². The van der Waals surface area contributed by atoms with Gasteiger partial charge in [-0.25, -0.2) is 0 Å². The van der Waals surface area contributed by atoms with Crippen molar-refractivity contribution in [2.24, 2.45) is 0 Å². The number of rotatable bonds is 4. The molecule has 0 atom stereocenters. The maximum absolute atomic E-state index is 12.5. The van der Waals surface area contributed by atoms with Crippen LogP contribution in [0.4, 0.5) is 0 Å². The second kappa shape index (κ2) is 6.27. The van der Waals surface area contributed by atoms with Gasteiger partial charge in [-0.15, -0.1) is 0 Å². The molecule has 0 bridgehead atoms. The summed E-state index contributed by atoms with van der Waals surface area (Å²) in [7, 11) is 0. The fourth-order valence-corrected chi connectivity index (χ4v) is 2.15. The number of benzene rings is 2. The smallest absolute Gasteiger partial charge is 0.328 e. The van der Waals surface area contributed by atoms with Crippen molar-refractivity contribution in [2.75, 3.05) is 0 Å². The molecule has 0 aromatic heterocycles. The van der Waals surface area contributed by atoms with Gasteiger partial charge in [0.25, 0.3) is 5.78 Å². The van der Waals surface area contributed by atoms with Crippen molar-refractivity contribution in [2.45, 2.75) is 6.92 Å². The Bertz CT molecular complexity index is 760. The van der Waals surface area contributed by atoms with Gasteiger partial charge in [0, 0.05) is 21.7 Å². The van der Waals surface area contributed by atoms with Crippen LogP contribution in [0.5, 0.6) is 0 Å². The van der Waals surface area contributed by atoms with Crippen LogP contribution >= 0.6 is 11.6 Å². The minimum absolute atomic E-state index is 0.195. The molecule has 104 valence electrons. The number of hydrogen-bond acceptors (Lipinski definition) is 2. The van der Waals surface area contributed by atoms with E-state index in [1.54, 1.807) is 49.4 Å². The van der Waals surface area contributed by atoms with Gasteiger partial charge in [-0.3, -0.25) is 9.59 Å². The lowest BCUT2D eigenvalue weighted by Crippen LogP contribution is -2.10. The predicted molar refractivity (Wildman–Crippen MR) is 80.1 cm³/mol. The van der Waals surface area contributed by atoms with Gasteiger partial charge in [0.05, 0.1) is 0 Å². The Morgan fingerprint density at radius 1 is 1.10 bits per heavy atom. The maximum atomic E-state index is 12.5. The first-order valence-electron chi connectivity index (χ1n) is 6.16. The van der Waals surface area contributed by atoms with E-state index >= 15 is 0 Å². The number of carbonyl (C=O) groups excluding carboxylic acids is 2. The Morgan fingerprint density at radius 2 is 1.71 bits per heavy atom. The minimum atomic E-state index is -0.458. The van der Waals surface area contributed by atoms with Crippen molar-refractivity contribution in [3.05, 3.63) is 75.3 Å². The topological polar surface area (TPSA) is 70.5 Å². The van der Waals surface area contributed by atoms with Crippen LogP contribution < -0.4 is 0 Å². The molecule has 4 nitrogen and oxygen atoms in total. The van der Waals surface area contributed by atoms with Gasteiger partial charge in [0.15, 0.2) is 5.78 Å². The molecular formula is C16H11ClN2O2. The molecule has 0 unspecified atom stereocenters. The third-order valence-electron chi connectivity index (χ3n) is 3.13. The van der Waals surface area contributed by atoms with Crippen LogP contribution in [0.25, 0.3) is 5.53 Å². The van der Waals surface area contributed by atoms with Gasteiger partial charge in [-0.2, -0.15) is 4.79 Å². The lowest BCUT2D eigenvalue weighted by atomic mass is 9.94. The molecular weight excluding hydrogens is 288 g/mol. The highest BCUT2D eigenvalue weighted by molar-refractivity contribution is 6.34. The van der Waals surface area contributed by atoms with Crippen molar-refractivity contribution in [1.29, 1.82) is 0 Å². The Balaban J connectivity index is 2.47. The number of halogens is 1. The van der Waals surface area contributed by atoms with E-state index in [-0.39, 0.29) is 5.78 Å². The van der Waals surface area contributed by atoms with E-state index < -0.39 is 5.78 Å². The SMILES string of the molecule is Cc1c(C(=O)C=[N+]=[N-])cccc1C(=O)c1ccc(Cl)cc1. The Kier molecular flexibility index (Phi) is 4.43. The summed E-state index contributed by atoms with van der Waals surface area (Å²) in [5.74, 6) is -0.652. The molecule has 0 N–H and O–H groups in total. The first kappa shape index (κ1) is 14.9. The predicted octanol–water partition coefficient (Wildman–Crippen LogP) is 3.36. The van der Waals surface area contributed by atoms with Gasteiger partial charge >= 0.3 is 6.21 Å². The summed E-state index contributed by atoms with van der Waals surface area (Å²) in [5.41, 5.74) is 10.2. The first-order chi connectivity index (χ1) is 10.0. The lowest BCUT2D eigenvalue weighted by molar-refractivity contribution is 0.00233. The second-order valence-corrected chi connectivity index (χ2v) is 4.86. The monoisotopic (exact) mass is 298 g/mol. The molecule has 0 fully saturated rings. The second-order valence-electron chi connectivity index (χ2n) is 4.42. The van der Waals surface area contributed by atoms with Crippen LogP contribution in [-0.2, 0) is 0 Å². The van der Waals surface area contributed by atoms with Crippen molar-refractivity contribution in [1.82, 2.24) is 0 Å². The molecule has 0 radical (unpaired) electrons. The minimum Gasteiger partial charge on any atom is -0.361 e. The molecule has 21 heavy (non-hydrogen) atoms. The van der Waals surface area contributed by atoms with E-state index in [2.05, 4.69) is 4.79 Å². The molecule has 0 spiro atoms. The molecule has 0 aliphatic rings. The summed E-state index contributed by atoms with van der Waals surface area (Å²) in [6.07, 6.45) is 0.804. The van der Waals surface area contributed by atoms with Crippen LogP contribution in [0.1, 0.15) is 31.8 Å². The molecule has 0 aliphatic heterocycles. The van der Waals surface area contributed by atoms with Crippen LogP contribution in [0.3, 0.4) is 0 Å². The van der Waals surface area contributed by atoms with Gasteiger partial charge in [0.2, 0.25) is 0 Å². The molecule has 5 heteroatoms. The fourth-order valence-electron chi connectivity index (χ4n) is 2.03. The number of ketones is 2. The molecule has 0 heterocycles. The Labute approximate surface area is 126 Å². The quantitative estimate of drug-likeness (QED) is 0.376. The molecule has 0 amide bonds. The van der Waals surface area contributed by atoms with Gasteiger partial charge in [-0.1, -0.05) is 29.8 Å². The summed E-state index contributed by atoms with van der Waals surface area (Å²) < 4.78 is 0. The summed E-state index contributed by atoms with van der Waals surface area (Å²) in [5, 5.41) is 0.548. The summed E-state index contributed by atoms with van der Waals surface area (Å²) in [6, 6.07) is 11.4. The normalized spacial score (nSPS) is 9.81. The van der Waals surface area contributed by atoms with E-state index in [1.165, 1.54) is 0 Å². The van der Waals surface area contributed by atoms with E-state index in [4.69, 9.17) is 17.1 Å². The zero-order valence-corrected chi connectivity index (χ0v) is 12.0. The highest BCUT2D eigenvalue weighted by Crippen LogP contribution is 2.19. The van der Waals surface area contributed by atoms with Crippen LogP contribution in [0.15, 0.2) is 42.5 Å². The van der Waals surface area contributed by atoms with Crippen molar-refractivity contribution in [3.8, 4) is 0 Å².